The predicted octanol–water partition coefficient (Wildman–Crippen LogP) is 9.03. The summed E-state index contributed by atoms with van der Waals surface area (Å²) < 4.78 is 0.332. The van der Waals surface area contributed by atoms with Gasteiger partial charge >= 0.3 is 193 Å². The van der Waals surface area contributed by atoms with Crippen LogP contribution >= 0.6 is 17.0 Å². The van der Waals surface area contributed by atoms with Crippen LogP contribution in [0.5, 0.6) is 0 Å². The molecule has 2 aliphatic rings. The van der Waals surface area contributed by atoms with Gasteiger partial charge in [-0.1, -0.05) is 0 Å². The quantitative estimate of drug-likeness (QED) is 0.344. The Morgan fingerprint density at radius 1 is 0.931 bits per heavy atom. The molecular weight excluding hydrogens is 474 g/mol. The van der Waals surface area contributed by atoms with Crippen molar-refractivity contribution in [3.63, 3.8) is 0 Å². The van der Waals surface area contributed by atoms with E-state index in [0.29, 0.717) is 3.63 Å². The Hall–Kier alpha value is -0.357. The van der Waals surface area contributed by atoms with Crippen LogP contribution in [0, 0.1) is 5.92 Å². The molecule has 0 N–H and O–H groups in total. The second-order valence-corrected chi connectivity index (χ2v) is 17.6. The monoisotopic (exact) mass is 503 g/mol. The van der Waals surface area contributed by atoms with Crippen molar-refractivity contribution in [1.82, 2.24) is 0 Å². The summed E-state index contributed by atoms with van der Waals surface area (Å²) in [6.45, 7) is 2.24. The number of hydrogen-bond acceptors (Lipinski definition) is 0. The summed E-state index contributed by atoms with van der Waals surface area (Å²) in [5.74, 6) is 0.813. The van der Waals surface area contributed by atoms with Crippen molar-refractivity contribution >= 4 is 23.1 Å². The van der Waals surface area contributed by atoms with Crippen molar-refractivity contribution in [2.45, 2.75) is 68.3 Å². The van der Waals surface area contributed by atoms with E-state index in [1.807, 2.05) is 0 Å². The van der Waals surface area contributed by atoms with Crippen LogP contribution in [0.15, 0.2) is 48.0 Å². The van der Waals surface area contributed by atoms with Gasteiger partial charge in [0.25, 0.3) is 0 Å². The number of aryl methyl sites for hydroxylation is 1. The maximum atomic E-state index is 6.73. The van der Waals surface area contributed by atoms with E-state index in [0.717, 1.165) is 12.3 Å². The number of fused-ring (bicyclic) bond motifs is 1. The summed E-state index contributed by atoms with van der Waals surface area (Å²) in [6.07, 6.45) is 14.3. The first-order valence-electron chi connectivity index (χ1n) is 11.3. The zero-order valence-corrected chi connectivity index (χ0v) is 21.4. The van der Waals surface area contributed by atoms with Crippen molar-refractivity contribution in [3.05, 3.63) is 64.7 Å². The average Bonchev–Trinajstić information content (AvgIpc) is 2.89. The molecule has 0 aliphatic heterocycles. The number of allylic oxidation sites excluding steroid dienone is 1. The summed E-state index contributed by atoms with van der Waals surface area (Å²) in [5.41, 5.74) is 8.36. The third-order valence-corrected chi connectivity index (χ3v) is 12.0. The van der Waals surface area contributed by atoms with Crippen molar-refractivity contribution in [2.75, 3.05) is 0 Å². The molecule has 0 spiro atoms. The molecule has 0 aromatic heterocycles. The molecule has 1 unspecified atom stereocenters. The first-order chi connectivity index (χ1) is 14.2. The van der Waals surface area contributed by atoms with Gasteiger partial charge in [-0.15, -0.1) is 0 Å². The molecule has 0 nitrogen and oxygen atoms in total. The van der Waals surface area contributed by atoms with E-state index in [4.69, 9.17) is 17.0 Å². The van der Waals surface area contributed by atoms with Crippen molar-refractivity contribution < 1.29 is 19.4 Å². The molecule has 3 heteroatoms. The Labute approximate surface area is 191 Å². The molecule has 2 aromatic carbocycles. The third kappa shape index (κ3) is 5.11. The third-order valence-electron chi connectivity index (χ3n) is 6.67. The van der Waals surface area contributed by atoms with E-state index in [2.05, 4.69) is 55.5 Å². The molecule has 4 rings (SSSR count). The number of rotatable bonds is 6. The normalized spacial score (nSPS) is 19.6. The molecule has 153 valence electrons. The Morgan fingerprint density at radius 3 is 2.31 bits per heavy atom. The van der Waals surface area contributed by atoms with E-state index in [9.17, 15) is 0 Å². The minimum atomic E-state index is -2.47. The second-order valence-electron chi connectivity index (χ2n) is 8.76. The Bertz CT molecular complexity index is 846. The molecular formula is C26H31Cl2Zr. The van der Waals surface area contributed by atoms with Gasteiger partial charge in [0.1, 0.15) is 0 Å². The summed E-state index contributed by atoms with van der Waals surface area (Å²) >= 11 is -2.47. The Morgan fingerprint density at radius 2 is 1.66 bits per heavy atom. The Balaban J connectivity index is 1.66. The van der Waals surface area contributed by atoms with Gasteiger partial charge in [-0.25, -0.2) is 0 Å². The first kappa shape index (κ1) is 21.9. The molecule has 2 aromatic rings. The number of hydrogen-bond donors (Lipinski definition) is 0. The van der Waals surface area contributed by atoms with Gasteiger partial charge < -0.3 is 0 Å². The topological polar surface area (TPSA) is 0 Å². The van der Waals surface area contributed by atoms with Crippen LogP contribution in [-0.4, -0.2) is 0 Å². The van der Waals surface area contributed by atoms with Crippen LogP contribution in [-0.2, 0) is 25.8 Å². The molecule has 0 radical (unpaired) electrons. The SMILES string of the molecule is CCCc1ccc(-c2cccc3c2C=C(CC2CCCCCC2)[CH]3[Zr]([Cl])[Cl])cc1. The maximum absolute atomic E-state index is 6.73. The molecule has 0 saturated heterocycles. The molecule has 1 atom stereocenters. The van der Waals surface area contributed by atoms with Gasteiger partial charge in [0.15, 0.2) is 0 Å². The summed E-state index contributed by atoms with van der Waals surface area (Å²) in [6, 6.07) is 15.9. The van der Waals surface area contributed by atoms with Crippen LogP contribution < -0.4 is 0 Å². The fraction of sp³-hybridized carbons (Fsp3) is 0.462. The van der Waals surface area contributed by atoms with E-state index < -0.39 is 19.4 Å². The standard InChI is InChI=1S/C26H31.2ClH.Zr/c1-2-8-20-13-15-23(16-14-20)25-12-7-11-24-18-22(19-26(24)25)17-21-9-5-3-4-6-10-21;;;/h7,11-16,18-19,21H,2-6,8-10,17H2,1H3;2*1H;/q;;;+2/p-2. The molecule has 0 heterocycles. The van der Waals surface area contributed by atoms with E-state index in [1.165, 1.54) is 84.8 Å². The molecule has 2 aliphatic carbocycles. The molecule has 29 heavy (non-hydrogen) atoms. The zero-order valence-electron chi connectivity index (χ0n) is 17.4. The van der Waals surface area contributed by atoms with Crippen molar-refractivity contribution in [3.8, 4) is 11.1 Å². The average molecular weight is 506 g/mol. The van der Waals surface area contributed by atoms with Gasteiger partial charge in [-0.2, -0.15) is 0 Å². The summed E-state index contributed by atoms with van der Waals surface area (Å²) in [7, 11) is 13.5. The zero-order chi connectivity index (χ0) is 20.2. The van der Waals surface area contributed by atoms with Crippen LogP contribution in [0.3, 0.4) is 0 Å². The van der Waals surface area contributed by atoms with E-state index >= 15 is 0 Å². The summed E-state index contributed by atoms with van der Waals surface area (Å²) in [4.78, 5) is 0. The minimum absolute atomic E-state index is 0.332. The first-order valence-corrected chi connectivity index (χ1v) is 19.0. The van der Waals surface area contributed by atoms with Gasteiger partial charge in [0, 0.05) is 0 Å². The molecule has 1 saturated carbocycles. The van der Waals surface area contributed by atoms with E-state index in [1.54, 1.807) is 0 Å². The van der Waals surface area contributed by atoms with Crippen LogP contribution in [0.4, 0.5) is 0 Å². The second kappa shape index (κ2) is 10.3. The van der Waals surface area contributed by atoms with Gasteiger partial charge in [0.2, 0.25) is 0 Å². The molecule has 0 amide bonds. The van der Waals surface area contributed by atoms with Gasteiger partial charge in [-0.05, 0) is 0 Å². The number of halogens is 2. The van der Waals surface area contributed by atoms with Gasteiger partial charge in [-0.3, -0.25) is 0 Å². The van der Waals surface area contributed by atoms with Crippen LogP contribution in [0.2, 0.25) is 0 Å². The summed E-state index contributed by atoms with van der Waals surface area (Å²) in [5, 5.41) is 0. The van der Waals surface area contributed by atoms with Gasteiger partial charge in [0.05, 0.1) is 0 Å². The number of benzene rings is 2. The Kier molecular flexibility index (Phi) is 7.77. The fourth-order valence-electron chi connectivity index (χ4n) is 5.19. The van der Waals surface area contributed by atoms with Crippen LogP contribution in [0.25, 0.3) is 17.2 Å². The molecule has 0 bridgehead atoms. The molecule has 1 fully saturated rings. The van der Waals surface area contributed by atoms with Crippen molar-refractivity contribution in [2.24, 2.45) is 5.92 Å². The van der Waals surface area contributed by atoms with Crippen LogP contribution in [0.1, 0.15) is 78.6 Å². The van der Waals surface area contributed by atoms with E-state index in [-0.39, 0.29) is 0 Å². The fourth-order valence-corrected chi connectivity index (χ4v) is 10.6. The predicted molar refractivity (Wildman–Crippen MR) is 124 cm³/mol. The van der Waals surface area contributed by atoms with Crippen molar-refractivity contribution in [1.29, 1.82) is 0 Å².